The second-order valence-corrected chi connectivity index (χ2v) is 5.24. The molecule has 4 heteroatoms. The average molecular weight is 306 g/mol. The number of amides is 1. The van der Waals surface area contributed by atoms with Crippen LogP contribution in [0, 0.1) is 0 Å². The number of nitrogens with one attached hydrogen (secondary N) is 1. The van der Waals surface area contributed by atoms with Crippen LogP contribution >= 0.6 is 0 Å². The van der Waals surface area contributed by atoms with Crippen LogP contribution in [0.3, 0.4) is 0 Å². The summed E-state index contributed by atoms with van der Waals surface area (Å²) in [6.45, 7) is 0.606. The van der Waals surface area contributed by atoms with E-state index in [1.165, 1.54) is 12.0 Å². The molecule has 23 heavy (non-hydrogen) atoms. The first-order chi connectivity index (χ1) is 11.3. The zero-order chi connectivity index (χ0) is 15.9. The van der Waals surface area contributed by atoms with Crippen molar-refractivity contribution in [3.8, 4) is 11.3 Å². The summed E-state index contributed by atoms with van der Waals surface area (Å²) in [7, 11) is 0. The van der Waals surface area contributed by atoms with E-state index in [0.29, 0.717) is 18.0 Å². The molecule has 1 aromatic heterocycles. The van der Waals surface area contributed by atoms with E-state index < -0.39 is 0 Å². The van der Waals surface area contributed by atoms with Gasteiger partial charge in [0.25, 0.3) is 5.91 Å². The molecule has 0 radical (unpaired) electrons. The van der Waals surface area contributed by atoms with E-state index in [1.807, 2.05) is 48.5 Å². The number of hydrogen-bond acceptors (Lipinski definition) is 3. The largest absolute Gasteiger partial charge is 0.443 e. The Balaban J connectivity index is 1.56. The van der Waals surface area contributed by atoms with Gasteiger partial charge in [-0.2, -0.15) is 0 Å². The van der Waals surface area contributed by atoms with Crippen molar-refractivity contribution in [2.24, 2.45) is 0 Å². The summed E-state index contributed by atoms with van der Waals surface area (Å²) in [5.41, 5.74) is 2.45. The molecule has 0 spiro atoms. The van der Waals surface area contributed by atoms with E-state index in [9.17, 15) is 4.79 Å². The summed E-state index contributed by atoms with van der Waals surface area (Å²) in [5.74, 6) is 0.303. The molecule has 3 rings (SSSR count). The molecule has 116 valence electrons. The quantitative estimate of drug-likeness (QED) is 0.706. The van der Waals surface area contributed by atoms with Crippen LogP contribution < -0.4 is 5.32 Å². The molecule has 4 nitrogen and oxygen atoms in total. The third-order valence-corrected chi connectivity index (χ3v) is 3.59. The van der Waals surface area contributed by atoms with Gasteiger partial charge in [-0.3, -0.25) is 4.79 Å². The van der Waals surface area contributed by atoms with Crippen molar-refractivity contribution >= 4 is 5.91 Å². The summed E-state index contributed by atoms with van der Waals surface area (Å²) in [5, 5.41) is 2.90. The number of oxazole rings is 1. The van der Waals surface area contributed by atoms with Crippen molar-refractivity contribution in [3.63, 3.8) is 0 Å². The molecule has 0 aliphatic carbocycles. The number of aryl methyl sites for hydroxylation is 1. The van der Waals surface area contributed by atoms with Gasteiger partial charge in [0.15, 0.2) is 17.8 Å². The number of aromatic nitrogens is 1. The van der Waals surface area contributed by atoms with Crippen LogP contribution in [-0.2, 0) is 6.42 Å². The third kappa shape index (κ3) is 3.86. The minimum atomic E-state index is -0.203. The fraction of sp³-hybridized carbons (Fsp3) is 0.158. The minimum Gasteiger partial charge on any atom is -0.443 e. The zero-order valence-corrected chi connectivity index (χ0v) is 12.7. The average Bonchev–Trinajstić information content (AvgIpc) is 3.10. The molecule has 1 N–H and O–H groups in total. The van der Waals surface area contributed by atoms with E-state index in [0.717, 1.165) is 18.4 Å². The van der Waals surface area contributed by atoms with E-state index >= 15 is 0 Å². The van der Waals surface area contributed by atoms with Gasteiger partial charge in [0.2, 0.25) is 0 Å². The van der Waals surface area contributed by atoms with Gasteiger partial charge in [0.1, 0.15) is 0 Å². The summed E-state index contributed by atoms with van der Waals surface area (Å²) in [6, 6.07) is 19.7. The van der Waals surface area contributed by atoms with Crippen molar-refractivity contribution in [2.45, 2.75) is 12.8 Å². The molecule has 3 aromatic rings. The van der Waals surface area contributed by atoms with Crippen LogP contribution in [0.15, 0.2) is 71.5 Å². The SMILES string of the molecule is O=C(NCCCc1ccccc1)c1ncoc1-c1ccccc1. The normalized spacial score (nSPS) is 10.4. The van der Waals surface area contributed by atoms with Gasteiger partial charge in [-0.25, -0.2) is 4.98 Å². The van der Waals surface area contributed by atoms with E-state index in [4.69, 9.17) is 4.42 Å². The Hall–Kier alpha value is -2.88. The highest BCUT2D eigenvalue weighted by Gasteiger charge is 2.17. The molecule has 0 fully saturated rings. The monoisotopic (exact) mass is 306 g/mol. The van der Waals surface area contributed by atoms with Crippen LogP contribution in [0.1, 0.15) is 22.5 Å². The molecule has 1 heterocycles. The minimum absolute atomic E-state index is 0.203. The van der Waals surface area contributed by atoms with Gasteiger partial charge in [-0.1, -0.05) is 60.7 Å². The maximum absolute atomic E-state index is 12.3. The highest BCUT2D eigenvalue weighted by Crippen LogP contribution is 2.22. The first-order valence-electron chi connectivity index (χ1n) is 7.65. The molecule has 0 aliphatic heterocycles. The Morgan fingerprint density at radius 1 is 1.00 bits per heavy atom. The van der Waals surface area contributed by atoms with Crippen molar-refractivity contribution in [2.75, 3.05) is 6.54 Å². The highest BCUT2D eigenvalue weighted by molar-refractivity contribution is 5.97. The third-order valence-electron chi connectivity index (χ3n) is 3.59. The smallest absolute Gasteiger partial charge is 0.273 e. The first kappa shape index (κ1) is 15.0. The Bertz CT molecular complexity index is 751. The molecule has 0 saturated heterocycles. The maximum atomic E-state index is 12.3. The van der Waals surface area contributed by atoms with Crippen LogP contribution in [-0.4, -0.2) is 17.4 Å². The molecule has 2 aromatic carbocycles. The van der Waals surface area contributed by atoms with Crippen LogP contribution in [0.4, 0.5) is 0 Å². The molecule has 0 atom stereocenters. The van der Waals surface area contributed by atoms with Gasteiger partial charge in [-0.15, -0.1) is 0 Å². The molecule has 0 aliphatic rings. The predicted molar refractivity (Wildman–Crippen MR) is 89.0 cm³/mol. The standard InChI is InChI=1S/C19H18N2O2/c22-19(20-13-7-10-15-8-3-1-4-9-15)17-18(23-14-21-17)16-11-5-2-6-12-16/h1-6,8-9,11-12,14H,7,10,13H2,(H,20,22). The van der Waals surface area contributed by atoms with E-state index in [2.05, 4.69) is 22.4 Å². The Morgan fingerprint density at radius 3 is 2.43 bits per heavy atom. The second-order valence-electron chi connectivity index (χ2n) is 5.24. The lowest BCUT2D eigenvalue weighted by Crippen LogP contribution is -2.25. The fourth-order valence-electron chi connectivity index (χ4n) is 2.43. The number of nitrogens with zero attached hydrogens (tertiary/aromatic N) is 1. The van der Waals surface area contributed by atoms with Gasteiger partial charge < -0.3 is 9.73 Å². The van der Waals surface area contributed by atoms with E-state index in [-0.39, 0.29) is 5.91 Å². The first-order valence-corrected chi connectivity index (χ1v) is 7.65. The fourth-order valence-corrected chi connectivity index (χ4v) is 2.43. The van der Waals surface area contributed by atoms with Crippen LogP contribution in [0.25, 0.3) is 11.3 Å². The number of rotatable bonds is 6. The van der Waals surface area contributed by atoms with Gasteiger partial charge in [-0.05, 0) is 18.4 Å². The number of carbonyl (C=O) groups excluding carboxylic acids is 1. The van der Waals surface area contributed by atoms with Gasteiger partial charge >= 0.3 is 0 Å². The number of benzene rings is 2. The van der Waals surface area contributed by atoms with E-state index in [1.54, 1.807) is 0 Å². The lowest BCUT2D eigenvalue weighted by Gasteiger charge is -2.05. The predicted octanol–water partition coefficient (Wildman–Crippen LogP) is 3.70. The maximum Gasteiger partial charge on any atom is 0.273 e. The van der Waals surface area contributed by atoms with Crippen LogP contribution in [0.5, 0.6) is 0 Å². The highest BCUT2D eigenvalue weighted by atomic mass is 16.3. The van der Waals surface area contributed by atoms with Gasteiger partial charge in [0.05, 0.1) is 0 Å². The lowest BCUT2D eigenvalue weighted by atomic mass is 10.1. The topological polar surface area (TPSA) is 55.1 Å². The second kappa shape index (κ2) is 7.40. The molecule has 0 bridgehead atoms. The zero-order valence-electron chi connectivity index (χ0n) is 12.7. The number of hydrogen-bond donors (Lipinski definition) is 1. The molecular formula is C19H18N2O2. The van der Waals surface area contributed by atoms with Crippen molar-refractivity contribution in [1.82, 2.24) is 10.3 Å². The molecule has 1 amide bonds. The molecule has 0 unspecified atom stereocenters. The summed E-state index contributed by atoms with van der Waals surface area (Å²) in [6.07, 6.45) is 3.13. The van der Waals surface area contributed by atoms with Crippen molar-refractivity contribution in [3.05, 3.63) is 78.3 Å². The molecule has 0 saturated carbocycles. The Morgan fingerprint density at radius 2 is 1.70 bits per heavy atom. The number of carbonyl (C=O) groups is 1. The summed E-state index contributed by atoms with van der Waals surface area (Å²) < 4.78 is 5.38. The Labute approximate surface area is 135 Å². The summed E-state index contributed by atoms with van der Waals surface area (Å²) >= 11 is 0. The lowest BCUT2D eigenvalue weighted by molar-refractivity contribution is 0.0949. The van der Waals surface area contributed by atoms with Crippen molar-refractivity contribution < 1.29 is 9.21 Å². The Kier molecular flexibility index (Phi) is 4.84. The van der Waals surface area contributed by atoms with Gasteiger partial charge in [0, 0.05) is 12.1 Å². The molecular weight excluding hydrogens is 288 g/mol. The van der Waals surface area contributed by atoms with Crippen LogP contribution in [0.2, 0.25) is 0 Å². The summed E-state index contributed by atoms with van der Waals surface area (Å²) in [4.78, 5) is 16.3. The van der Waals surface area contributed by atoms with Crippen molar-refractivity contribution in [1.29, 1.82) is 0 Å².